The monoisotopic (exact) mass is 329 g/mol. The Morgan fingerprint density at radius 2 is 2.00 bits per heavy atom. The van der Waals surface area contributed by atoms with Crippen molar-refractivity contribution in [1.29, 1.82) is 0 Å². The summed E-state index contributed by atoms with van der Waals surface area (Å²) in [6, 6.07) is 4.51. The molecule has 1 aliphatic heterocycles. The fourth-order valence-corrected chi connectivity index (χ4v) is 4.39. The smallest absolute Gasteiger partial charge is 0.258 e. The van der Waals surface area contributed by atoms with Gasteiger partial charge in [0, 0.05) is 17.0 Å². The Kier molecular flexibility index (Phi) is 3.92. The van der Waals surface area contributed by atoms with E-state index < -0.39 is 25.9 Å². The highest BCUT2D eigenvalue weighted by Crippen LogP contribution is 2.26. The van der Waals surface area contributed by atoms with E-state index in [4.69, 9.17) is 0 Å². The normalized spacial score (nSPS) is 19.0. The molecule has 0 fully saturated rings. The topological polar surface area (TPSA) is 110 Å². The average molecular weight is 329 g/mol. The van der Waals surface area contributed by atoms with Crippen LogP contribution in [0.5, 0.6) is 0 Å². The molecule has 1 heterocycles. The van der Waals surface area contributed by atoms with Gasteiger partial charge in [-0.25, -0.2) is 4.21 Å². The number of rotatable bonds is 3. The molecule has 0 amide bonds. The zero-order valence-electron chi connectivity index (χ0n) is 11.1. The third kappa shape index (κ3) is 2.72. The summed E-state index contributed by atoms with van der Waals surface area (Å²) in [5.41, 5.74) is 0.241. The average Bonchev–Trinajstić information content (AvgIpc) is 2.44. The molecule has 1 atom stereocenters. The lowest BCUT2D eigenvalue weighted by atomic mass is 10.3. The van der Waals surface area contributed by atoms with E-state index in [0.717, 1.165) is 6.07 Å². The molecule has 0 aliphatic carbocycles. The van der Waals surface area contributed by atoms with Crippen LogP contribution in [0, 0.1) is 10.1 Å². The molecule has 1 aromatic rings. The molecule has 1 aliphatic rings. The minimum absolute atomic E-state index is 0.338. The lowest BCUT2D eigenvalue weighted by Gasteiger charge is -2.21. The van der Waals surface area contributed by atoms with Crippen LogP contribution < -0.4 is 0 Å². The molecule has 0 bridgehead atoms. The second-order valence-corrected chi connectivity index (χ2v) is 7.66. The van der Waals surface area contributed by atoms with Gasteiger partial charge in [-0.3, -0.25) is 10.1 Å². The van der Waals surface area contributed by atoms with Crippen LogP contribution in [0.4, 0.5) is 5.69 Å². The van der Waals surface area contributed by atoms with E-state index in [2.05, 4.69) is 5.10 Å². The molecule has 0 saturated heterocycles. The van der Waals surface area contributed by atoms with Crippen LogP contribution in [0.3, 0.4) is 0 Å². The number of allylic oxidation sites excluding steroid dienone is 2. The van der Waals surface area contributed by atoms with Crippen LogP contribution >= 0.6 is 0 Å². The highest BCUT2D eigenvalue weighted by atomic mass is 32.3. The predicted molar refractivity (Wildman–Crippen MR) is 77.1 cm³/mol. The van der Waals surface area contributed by atoms with Crippen LogP contribution in [-0.2, 0) is 21.0 Å². The number of sulfonamides is 1. The van der Waals surface area contributed by atoms with Crippen molar-refractivity contribution in [3.05, 3.63) is 44.9 Å². The molecule has 0 aromatic heterocycles. The number of hydrogen-bond acceptors (Lipinski definition) is 6. The van der Waals surface area contributed by atoms with E-state index in [9.17, 15) is 22.7 Å². The summed E-state index contributed by atoms with van der Waals surface area (Å²) in [7, 11) is -6.21. The van der Waals surface area contributed by atoms with E-state index in [-0.39, 0.29) is 10.6 Å². The largest absolute Gasteiger partial charge is 0.291 e. The summed E-state index contributed by atoms with van der Waals surface area (Å²) in [5.74, 6) is 0. The van der Waals surface area contributed by atoms with E-state index in [1.54, 1.807) is 6.92 Å². The zero-order chi connectivity index (χ0) is 15.8. The minimum atomic E-state index is -4.23. The van der Waals surface area contributed by atoms with Crippen LogP contribution in [0.1, 0.15) is 13.8 Å². The van der Waals surface area contributed by atoms with Crippen molar-refractivity contribution >= 4 is 32.9 Å². The molecule has 2 rings (SSSR count). The molecule has 0 saturated carbocycles. The van der Waals surface area contributed by atoms with Crippen LogP contribution in [0.2, 0.25) is 0 Å². The van der Waals surface area contributed by atoms with E-state index in [1.165, 1.54) is 31.3 Å². The highest BCUT2D eigenvalue weighted by molar-refractivity contribution is 8.02. The molecule has 1 unspecified atom stereocenters. The first kappa shape index (κ1) is 15.3. The third-order valence-electron chi connectivity index (χ3n) is 2.84. The maximum Gasteiger partial charge on any atom is 0.291 e. The number of hydrazone groups is 1. The standard InChI is InChI=1S/C11H11N3O5S2/c1-8-7-12-14(20(17)9(8)2)21(18,19)11-5-3-4-10(6-11)13(15)16/h3-7H,1-2H3. The quantitative estimate of drug-likeness (QED) is 0.617. The van der Waals surface area contributed by atoms with Gasteiger partial charge >= 0.3 is 0 Å². The fraction of sp³-hybridized carbons (Fsp3) is 0.182. The molecule has 0 spiro atoms. The first-order chi connectivity index (χ1) is 9.75. The maximum absolute atomic E-state index is 12.4. The van der Waals surface area contributed by atoms with Crippen molar-refractivity contribution in [3.8, 4) is 0 Å². The van der Waals surface area contributed by atoms with Gasteiger partial charge in [-0.2, -0.15) is 13.5 Å². The van der Waals surface area contributed by atoms with E-state index in [0.29, 0.717) is 14.3 Å². The number of non-ortho nitro benzene ring substituents is 1. The highest BCUT2D eigenvalue weighted by Gasteiger charge is 2.32. The molecular weight excluding hydrogens is 318 g/mol. The van der Waals surface area contributed by atoms with Gasteiger partial charge in [-0.05, 0) is 25.5 Å². The van der Waals surface area contributed by atoms with Gasteiger partial charge < -0.3 is 0 Å². The lowest BCUT2D eigenvalue weighted by Crippen LogP contribution is -2.31. The second-order valence-electron chi connectivity index (χ2n) is 4.20. The Morgan fingerprint density at radius 3 is 2.62 bits per heavy atom. The molecule has 1 aromatic carbocycles. The van der Waals surface area contributed by atoms with E-state index in [1.807, 2.05) is 0 Å². The number of nitrogens with zero attached hydrogens (tertiary/aromatic N) is 3. The van der Waals surface area contributed by atoms with Gasteiger partial charge in [-0.1, -0.05) is 9.89 Å². The molecule has 0 N–H and O–H groups in total. The third-order valence-corrected chi connectivity index (χ3v) is 6.41. The first-order valence-corrected chi connectivity index (χ1v) is 8.23. The summed E-state index contributed by atoms with van der Waals surface area (Å²) >= 11 is 0. The summed E-state index contributed by atoms with van der Waals surface area (Å²) in [5, 5.41) is 14.4. The van der Waals surface area contributed by atoms with Crippen molar-refractivity contribution in [2.75, 3.05) is 0 Å². The van der Waals surface area contributed by atoms with Crippen molar-refractivity contribution < 1.29 is 17.6 Å². The summed E-state index contributed by atoms with van der Waals surface area (Å²) in [4.78, 5) is 10.0. The van der Waals surface area contributed by atoms with Gasteiger partial charge in [0.1, 0.15) is 0 Å². The Bertz CT molecular complexity index is 798. The summed E-state index contributed by atoms with van der Waals surface area (Å²) in [6.45, 7) is 3.20. The summed E-state index contributed by atoms with van der Waals surface area (Å²) < 4.78 is 37.4. The number of nitro groups is 1. The SMILES string of the molecule is CC1=C(C)S(=O)N(S(=O)(=O)c2cccc([N+](=O)[O-])c2)N=C1. The molecule has 10 heteroatoms. The van der Waals surface area contributed by atoms with Crippen molar-refractivity contribution in [1.82, 2.24) is 3.82 Å². The van der Waals surface area contributed by atoms with Gasteiger partial charge in [0.15, 0.2) is 11.0 Å². The Morgan fingerprint density at radius 1 is 1.33 bits per heavy atom. The van der Waals surface area contributed by atoms with Gasteiger partial charge in [0.2, 0.25) is 0 Å². The Balaban J connectivity index is 2.49. The van der Waals surface area contributed by atoms with Gasteiger partial charge in [0.05, 0.1) is 16.0 Å². The van der Waals surface area contributed by atoms with Gasteiger partial charge in [-0.15, -0.1) is 0 Å². The van der Waals surface area contributed by atoms with Crippen molar-refractivity contribution in [3.63, 3.8) is 0 Å². The maximum atomic E-state index is 12.4. The molecule has 21 heavy (non-hydrogen) atoms. The first-order valence-electron chi connectivity index (χ1n) is 5.68. The predicted octanol–water partition coefficient (Wildman–Crippen LogP) is 1.54. The van der Waals surface area contributed by atoms with Gasteiger partial charge in [0.25, 0.3) is 15.7 Å². The fourth-order valence-electron chi connectivity index (χ4n) is 1.52. The van der Waals surface area contributed by atoms with Crippen molar-refractivity contribution in [2.24, 2.45) is 5.10 Å². The number of benzene rings is 1. The molecule has 0 radical (unpaired) electrons. The Hall–Kier alpha value is -2.07. The molecular formula is C11H11N3O5S2. The molecule has 8 nitrogen and oxygen atoms in total. The summed E-state index contributed by atoms with van der Waals surface area (Å²) in [6.07, 6.45) is 1.28. The van der Waals surface area contributed by atoms with Crippen LogP contribution in [-0.4, -0.2) is 27.6 Å². The van der Waals surface area contributed by atoms with Crippen LogP contribution in [0.15, 0.2) is 44.7 Å². The van der Waals surface area contributed by atoms with E-state index >= 15 is 0 Å². The molecule has 112 valence electrons. The lowest BCUT2D eigenvalue weighted by molar-refractivity contribution is -0.385. The zero-order valence-corrected chi connectivity index (χ0v) is 12.7. The number of hydrogen-bond donors (Lipinski definition) is 0. The minimum Gasteiger partial charge on any atom is -0.258 e. The van der Waals surface area contributed by atoms with Crippen molar-refractivity contribution in [2.45, 2.75) is 18.7 Å². The van der Waals surface area contributed by atoms with Crippen LogP contribution in [0.25, 0.3) is 0 Å². The Labute approximate surface area is 123 Å². The number of nitro benzene ring substituents is 1. The second kappa shape index (κ2) is 5.37.